The second kappa shape index (κ2) is 7.13. The van der Waals surface area contributed by atoms with E-state index >= 15 is 0 Å². The molecule has 0 radical (unpaired) electrons. The topological polar surface area (TPSA) is 107 Å². The van der Waals surface area contributed by atoms with Crippen LogP contribution in [-0.2, 0) is 6.54 Å². The zero-order valence-electron chi connectivity index (χ0n) is 14.2. The van der Waals surface area contributed by atoms with E-state index in [1.54, 1.807) is 21.5 Å². The monoisotopic (exact) mass is 424 g/mol. The van der Waals surface area contributed by atoms with Crippen LogP contribution in [0.1, 0.15) is 12.5 Å². The van der Waals surface area contributed by atoms with Crippen LogP contribution in [0, 0.1) is 11.3 Å². The summed E-state index contributed by atoms with van der Waals surface area (Å²) in [5.74, 6) is 0.491. The van der Waals surface area contributed by atoms with Crippen LogP contribution in [0.3, 0.4) is 0 Å². The predicted octanol–water partition coefficient (Wildman–Crippen LogP) is 2.48. The molecule has 0 aliphatic rings. The number of fused-ring (bicyclic) bond motifs is 1. The number of nitrogens with zero attached hydrogens (tertiary/aromatic N) is 8. The lowest BCUT2D eigenvalue weighted by Gasteiger charge is -2.16. The summed E-state index contributed by atoms with van der Waals surface area (Å²) in [4.78, 5) is 4.63. The fraction of sp³-hybridized carbons (Fsp3) is 0.176. The van der Waals surface area contributed by atoms with Gasteiger partial charge in [-0.15, -0.1) is 5.10 Å². The number of aromatic nitrogens is 7. The van der Waals surface area contributed by atoms with Gasteiger partial charge in [-0.3, -0.25) is 0 Å². The molecule has 3 aromatic heterocycles. The third-order valence-corrected chi connectivity index (χ3v) is 4.45. The second-order valence-electron chi connectivity index (χ2n) is 5.86. The summed E-state index contributed by atoms with van der Waals surface area (Å²) in [6.45, 7) is 2.36. The van der Waals surface area contributed by atoms with Gasteiger partial charge >= 0.3 is 0 Å². The van der Waals surface area contributed by atoms with Crippen LogP contribution in [0.5, 0.6) is 5.75 Å². The highest BCUT2D eigenvalue weighted by atomic mass is 79.9. The van der Waals surface area contributed by atoms with Gasteiger partial charge in [0.25, 0.3) is 0 Å². The van der Waals surface area contributed by atoms with E-state index in [9.17, 15) is 5.26 Å². The van der Waals surface area contributed by atoms with Gasteiger partial charge in [-0.1, -0.05) is 6.07 Å². The van der Waals surface area contributed by atoms with Crippen molar-refractivity contribution in [1.29, 1.82) is 5.26 Å². The van der Waals surface area contributed by atoms with Crippen molar-refractivity contribution < 1.29 is 4.74 Å². The Kier molecular flexibility index (Phi) is 4.52. The Labute approximate surface area is 162 Å². The molecule has 0 bridgehead atoms. The van der Waals surface area contributed by atoms with Gasteiger partial charge in [-0.25, -0.2) is 14.2 Å². The molecule has 4 aromatic rings. The molecule has 1 aromatic carbocycles. The van der Waals surface area contributed by atoms with E-state index in [0.29, 0.717) is 23.5 Å². The number of tetrazole rings is 1. The summed E-state index contributed by atoms with van der Waals surface area (Å²) >= 11 is 3.44. The van der Waals surface area contributed by atoms with Gasteiger partial charge in [0.05, 0.1) is 28.5 Å². The first kappa shape index (κ1) is 17.1. The quantitative estimate of drug-likeness (QED) is 0.484. The maximum Gasteiger partial charge on any atom is 0.169 e. The highest BCUT2D eigenvalue weighted by Gasteiger charge is 2.13. The number of rotatable bonds is 5. The molecule has 1 atom stereocenters. The Balaban J connectivity index is 1.65. The van der Waals surface area contributed by atoms with Crippen molar-refractivity contribution in [2.45, 2.75) is 19.6 Å². The van der Waals surface area contributed by atoms with Gasteiger partial charge < -0.3 is 4.74 Å². The first-order valence-corrected chi connectivity index (χ1v) is 8.85. The van der Waals surface area contributed by atoms with Crippen molar-refractivity contribution in [2.24, 2.45) is 0 Å². The molecule has 10 heteroatoms. The van der Waals surface area contributed by atoms with E-state index in [-0.39, 0.29) is 6.10 Å². The maximum absolute atomic E-state index is 9.40. The fourth-order valence-electron chi connectivity index (χ4n) is 2.65. The summed E-state index contributed by atoms with van der Waals surface area (Å²) < 4.78 is 10.0. The van der Waals surface area contributed by atoms with E-state index in [2.05, 4.69) is 47.6 Å². The van der Waals surface area contributed by atoms with Crippen molar-refractivity contribution in [1.82, 2.24) is 34.8 Å². The van der Waals surface area contributed by atoms with Gasteiger partial charge in [0.1, 0.15) is 24.3 Å². The average Bonchev–Trinajstić information content (AvgIpc) is 3.31. The van der Waals surface area contributed by atoms with Crippen molar-refractivity contribution in [2.75, 3.05) is 0 Å². The second-order valence-corrected chi connectivity index (χ2v) is 6.71. The number of ether oxygens (including phenoxy) is 1. The van der Waals surface area contributed by atoms with E-state index in [1.165, 1.54) is 6.33 Å². The minimum absolute atomic E-state index is 0.227. The van der Waals surface area contributed by atoms with Crippen molar-refractivity contribution >= 4 is 21.6 Å². The van der Waals surface area contributed by atoms with E-state index in [0.717, 1.165) is 15.7 Å². The molecule has 4 rings (SSSR count). The maximum atomic E-state index is 9.40. The van der Waals surface area contributed by atoms with Gasteiger partial charge in [0.15, 0.2) is 5.65 Å². The van der Waals surface area contributed by atoms with Crippen molar-refractivity contribution in [3.05, 3.63) is 53.0 Å². The Bertz CT molecular complexity index is 1130. The zero-order chi connectivity index (χ0) is 18.8. The van der Waals surface area contributed by atoms with Crippen LogP contribution in [0.25, 0.3) is 16.9 Å². The normalized spacial score (nSPS) is 12.0. The molecule has 0 fully saturated rings. The largest absolute Gasteiger partial charge is 0.487 e. The summed E-state index contributed by atoms with van der Waals surface area (Å²) in [6.07, 6.45) is 4.82. The minimum Gasteiger partial charge on any atom is -0.487 e. The first-order chi connectivity index (χ1) is 13.1. The molecule has 0 aliphatic heterocycles. The third kappa shape index (κ3) is 3.50. The highest BCUT2D eigenvalue weighted by Crippen LogP contribution is 2.28. The lowest BCUT2D eigenvalue weighted by molar-refractivity contribution is 0.192. The molecule has 134 valence electrons. The Morgan fingerprint density at radius 3 is 3.00 bits per heavy atom. The van der Waals surface area contributed by atoms with Crippen molar-refractivity contribution in [3.63, 3.8) is 0 Å². The van der Waals surface area contributed by atoms with Crippen LogP contribution in [-0.4, -0.2) is 40.9 Å². The molecular formula is C17H13BrN8O. The number of benzene rings is 1. The molecule has 0 N–H and O–H groups in total. The average molecular weight is 425 g/mol. The fourth-order valence-corrected chi connectivity index (χ4v) is 3.02. The lowest BCUT2D eigenvalue weighted by Crippen LogP contribution is -2.20. The molecule has 3 heterocycles. The van der Waals surface area contributed by atoms with Gasteiger partial charge in [-0.2, -0.15) is 10.4 Å². The molecule has 9 nitrogen and oxygen atoms in total. The summed E-state index contributed by atoms with van der Waals surface area (Å²) in [5.41, 5.74) is 2.76. The van der Waals surface area contributed by atoms with Crippen LogP contribution < -0.4 is 4.74 Å². The summed E-state index contributed by atoms with van der Waals surface area (Å²) in [5, 5.41) is 24.6. The first-order valence-electron chi connectivity index (χ1n) is 8.06. The molecular weight excluding hydrogens is 412 g/mol. The van der Waals surface area contributed by atoms with Crippen LogP contribution in [0.2, 0.25) is 0 Å². The number of halogens is 1. The van der Waals surface area contributed by atoms with Crippen LogP contribution >= 0.6 is 15.9 Å². The minimum atomic E-state index is -0.227. The number of nitriles is 1. The number of hydrogen-bond acceptors (Lipinski definition) is 7. The molecule has 0 aliphatic carbocycles. The molecule has 0 spiro atoms. The Morgan fingerprint density at radius 2 is 2.22 bits per heavy atom. The lowest BCUT2D eigenvalue weighted by atomic mass is 10.1. The molecule has 27 heavy (non-hydrogen) atoms. The van der Waals surface area contributed by atoms with Crippen LogP contribution in [0.4, 0.5) is 0 Å². The van der Waals surface area contributed by atoms with Gasteiger partial charge in [0, 0.05) is 11.8 Å². The predicted molar refractivity (Wildman–Crippen MR) is 98.7 cm³/mol. The van der Waals surface area contributed by atoms with Gasteiger partial charge in [-0.05, 0) is 51.5 Å². The third-order valence-electron chi connectivity index (χ3n) is 3.89. The van der Waals surface area contributed by atoms with E-state index < -0.39 is 0 Å². The summed E-state index contributed by atoms with van der Waals surface area (Å²) in [6, 6.07) is 9.42. The van der Waals surface area contributed by atoms with Crippen LogP contribution in [0.15, 0.2) is 47.5 Å². The van der Waals surface area contributed by atoms with Gasteiger partial charge in [0.2, 0.25) is 0 Å². The highest BCUT2D eigenvalue weighted by molar-refractivity contribution is 9.10. The zero-order valence-corrected chi connectivity index (χ0v) is 15.8. The SMILES string of the molecule is CC(Cn1cnnn1)Oc1cc(-c2ccn3ncc(Br)c3n2)ccc1C#N. The standard InChI is InChI=1S/C17H13BrN8O/c1-11(9-25-10-20-23-24-25)27-16-6-12(2-3-13(16)7-19)15-4-5-26-17(22-15)14(18)8-21-26/h2-6,8,10-11H,9H2,1H3. The smallest absolute Gasteiger partial charge is 0.169 e. The molecule has 1 unspecified atom stereocenters. The molecule has 0 saturated carbocycles. The number of hydrogen-bond donors (Lipinski definition) is 0. The Hall–Kier alpha value is -3.32. The molecule has 0 amide bonds. The summed E-state index contributed by atoms with van der Waals surface area (Å²) in [7, 11) is 0. The Morgan fingerprint density at radius 1 is 1.33 bits per heavy atom. The van der Waals surface area contributed by atoms with E-state index in [4.69, 9.17) is 4.74 Å². The van der Waals surface area contributed by atoms with Crippen molar-refractivity contribution in [3.8, 4) is 23.1 Å². The van der Waals surface area contributed by atoms with E-state index in [1.807, 2.05) is 31.3 Å². The molecule has 0 saturated heterocycles.